The maximum Gasteiger partial charge on any atom is 0.270 e. The van der Waals surface area contributed by atoms with Gasteiger partial charge in [0.2, 0.25) is 5.91 Å². The molecule has 1 aromatic carbocycles. The molecule has 1 fully saturated rings. The first kappa shape index (κ1) is 25.1. The van der Waals surface area contributed by atoms with Crippen molar-refractivity contribution in [1.29, 1.82) is 0 Å². The Labute approximate surface area is 200 Å². The third-order valence-electron chi connectivity index (χ3n) is 5.61. The summed E-state index contributed by atoms with van der Waals surface area (Å²) in [4.78, 5) is 63.8. The van der Waals surface area contributed by atoms with Gasteiger partial charge in [0.1, 0.15) is 0 Å². The monoisotopic (exact) mass is 488 g/mol. The summed E-state index contributed by atoms with van der Waals surface area (Å²) in [5.41, 5.74) is -1.01. The second-order valence-corrected chi connectivity index (χ2v) is 8.87. The summed E-state index contributed by atoms with van der Waals surface area (Å²) in [6.45, 7) is 4.18. The smallest absolute Gasteiger partial charge is 0.270 e. The lowest BCUT2D eigenvalue weighted by Crippen LogP contribution is -2.48. The van der Waals surface area contributed by atoms with Gasteiger partial charge in [-0.2, -0.15) is 0 Å². The molecule has 1 saturated heterocycles. The predicted molar refractivity (Wildman–Crippen MR) is 125 cm³/mol. The maximum absolute atomic E-state index is 13.5. The summed E-state index contributed by atoms with van der Waals surface area (Å²) >= 11 is 6.03. The predicted octanol–water partition coefficient (Wildman–Crippen LogP) is 2.60. The van der Waals surface area contributed by atoms with E-state index in [4.69, 9.17) is 11.6 Å². The van der Waals surface area contributed by atoms with Gasteiger partial charge < -0.3 is 10.2 Å². The number of nitro benzene ring substituents is 1. The van der Waals surface area contributed by atoms with Crippen molar-refractivity contribution in [3.8, 4) is 0 Å². The first-order valence-corrected chi connectivity index (χ1v) is 11.2. The number of halogens is 1. The van der Waals surface area contributed by atoms with Gasteiger partial charge in [0, 0.05) is 55.0 Å². The molecule has 10 nitrogen and oxygen atoms in total. The molecule has 0 radical (unpaired) electrons. The lowest BCUT2D eigenvalue weighted by molar-refractivity contribution is -0.384. The first-order chi connectivity index (χ1) is 16.1. The van der Waals surface area contributed by atoms with E-state index in [2.05, 4.69) is 5.32 Å². The van der Waals surface area contributed by atoms with Crippen molar-refractivity contribution >= 4 is 34.9 Å². The van der Waals surface area contributed by atoms with Crippen LogP contribution in [0.1, 0.15) is 43.1 Å². The largest absolute Gasteiger partial charge is 0.354 e. The van der Waals surface area contributed by atoms with E-state index in [1.807, 2.05) is 13.8 Å². The van der Waals surface area contributed by atoms with Crippen molar-refractivity contribution in [2.24, 2.45) is 5.92 Å². The highest BCUT2D eigenvalue weighted by atomic mass is 35.5. The maximum atomic E-state index is 13.5. The number of amides is 2. The minimum Gasteiger partial charge on any atom is -0.354 e. The molecule has 2 amide bonds. The molecular weight excluding hydrogens is 464 g/mol. The number of nitrogens with zero attached hydrogens (tertiary/aromatic N) is 3. The van der Waals surface area contributed by atoms with Crippen molar-refractivity contribution in [1.82, 2.24) is 14.8 Å². The highest BCUT2D eigenvalue weighted by Gasteiger charge is 2.37. The second-order valence-electron chi connectivity index (χ2n) is 8.43. The highest BCUT2D eigenvalue weighted by Crippen LogP contribution is 2.25. The number of hydrogen-bond donors (Lipinski definition) is 1. The Hall–Kier alpha value is -3.53. The van der Waals surface area contributed by atoms with Crippen LogP contribution in [-0.4, -0.2) is 51.1 Å². The van der Waals surface area contributed by atoms with Crippen LogP contribution in [0.3, 0.4) is 0 Å². The molecule has 1 unspecified atom stereocenters. The number of non-ortho nitro benzene ring substituents is 1. The van der Waals surface area contributed by atoms with Gasteiger partial charge in [-0.1, -0.05) is 23.7 Å². The van der Waals surface area contributed by atoms with Crippen LogP contribution in [0, 0.1) is 16.0 Å². The zero-order valence-corrected chi connectivity index (χ0v) is 19.5. The van der Waals surface area contributed by atoms with Crippen molar-refractivity contribution in [2.45, 2.75) is 38.8 Å². The van der Waals surface area contributed by atoms with Crippen LogP contribution in [0.5, 0.6) is 0 Å². The Kier molecular flexibility index (Phi) is 7.83. The second kappa shape index (κ2) is 10.6. The number of ketones is 1. The zero-order chi connectivity index (χ0) is 25.0. The first-order valence-electron chi connectivity index (χ1n) is 10.8. The van der Waals surface area contributed by atoms with E-state index in [9.17, 15) is 29.3 Å². The van der Waals surface area contributed by atoms with E-state index < -0.39 is 28.2 Å². The average molecular weight is 489 g/mol. The molecule has 2 heterocycles. The molecule has 2 aromatic rings. The molecule has 1 atom stereocenters. The van der Waals surface area contributed by atoms with E-state index in [0.717, 1.165) is 16.7 Å². The number of pyridine rings is 1. The lowest BCUT2D eigenvalue weighted by Gasteiger charge is -2.34. The number of rotatable bonds is 7. The van der Waals surface area contributed by atoms with Crippen molar-refractivity contribution in [3.63, 3.8) is 0 Å². The molecular formula is C23H25ClN4O6. The average Bonchev–Trinajstić information content (AvgIpc) is 2.81. The van der Waals surface area contributed by atoms with Crippen molar-refractivity contribution in [2.75, 3.05) is 13.1 Å². The summed E-state index contributed by atoms with van der Waals surface area (Å²) in [6.07, 6.45) is 2.02. The molecule has 1 aliphatic rings. The van der Waals surface area contributed by atoms with Gasteiger partial charge in [0.25, 0.3) is 17.2 Å². The molecule has 0 saturated carbocycles. The van der Waals surface area contributed by atoms with E-state index in [-0.39, 0.29) is 47.2 Å². The number of carbonyl (C=O) groups excluding carboxylic acids is 3. The van der Waals surface area contributed by atoms with Crippen LogP contribution >= 0.6 is 11.6 Å². The SMILES string of the molecule is CC(C)NC(=O)C1CCN(C(=O)C(C(=O)c2cccc([N+](=O)[O-])c2)n2cc(Cl)ccc2=O)CC1. The molecule has 0 aliphatic carbocycles. The third-order valence-corrected chi connectivity index (χ3v) is 5.84. The number of nitro groups is 1. The molecule has 180 valence electrons. The third kappa shape index (κ3) is 5.69. The number of piperidine rings is 1. The topological polar surface area (TPSA) is 132 Å². The Morgan fingerprint density at radius 2 is 1.82 bits per heavy atom. The van der Waals surface area contributed by atoms with Crippen LogP contribution in [0.15, 0.2) is 47.4 Å². The Morgan fingerprint density at radius 1 is 1.15 bits per heavy atom. The minimum atomic E-state index is -1.59. The quantitative estimate of drug-likeness (QED) is 0.276. The number of Topliss-reactive ketones (excluding diaryl/α,β-unsaturated/α-hetero) is 1. The van der Waals surface area contributed by atoms with Gasteiger partial charge in [-0.05, 0) is 32.8 Å². The zero-order valence-electron chi connectivity index (χ0n) is 18.8. The molecule has 1 N–H and O–H groups in total. The standard InChI is InChI=1S/C23H25ClN4O6/c1-14(2)25-22(31)15-8-10-26(11-9-15)23(32)20(27-13-17(24)6-7-19(27)29)21(30)16-4-3-5-18(12-16)28(33)34/h3-7,12-15,20H,8-11H2,1-2H3,(H,25,31). The van der Waals surface area contributed by atoms with E-state index in [0.29, 0.717) is 12.8 Å². The molecule has 11 heteroatoms. The van der Waals surface area contributed by atoms with Gasteiger partial charge in [0.15, 0.2) is 11.8 Å². The van der Waals surface area contributed by atoms with Crippen LogP contribution in [-0.2, 0) is 9.59 Å². The molecule has 0 bridgehead atoms. The van der Waals surface area contributed by atoms with Crippen LogP contribution in [0.25, 0.3) is 0 Å². The summed E-state index contributed by atoms with van der Waals surface area (Å²) in [5.74, 6) is -1.75. The Balaban J connectivity index is 1.91. The van der Waals surface area contributed by atoms with Gasteiger partial charge in [0.05, 0.1) is 9.95 Å². The normalized spacial score (nSPS) is 15.1. The molecule has 1 aromatic heterocycles. The van der Waals surface area contributed by atoms with E-state index in [1.165, 1.54) is 35.4 Å². The fourth-order valence-corrected chi connectivity index (χ4v) is 4.07. The molecule has 1 aliphatic heterocycles. The lowest BCUT2D eigenvalue weighted by atomic mass is 9.94. The highest BCUT2D eigenvalue weighted by molar-refractivity contribution is 6.30. The van der Waals surface area contributed by atoms with Crippen LogP contribution in [0.2, 0.25) is 5.02 Å². The van der Waals surface area contributed by atoms with Crippen molar-refractivity contribution < 1.29 is 19.3 Å². The number of aromatic nitrogens is 1. The minimum absolute atomic E-state index is 0.00111. The number of hydrogen-bond acceptors (Lipinski definition) is 6. The molecule has 34 heavy (non-hydrogen) atoms. The van der Waals surface area contributed by atoms with Gasteiger partial charge in [-0.15, -0.1) is 0 Å². The number of nitrogens with one attached hydrogen (secondary N) is 1. The Morgan fingerprint density at radius 3 is 2.44 bits per heavy atom. The fourth-order valence-electron chi connectivity index (χ4n) is 3.90. The number of likely N-dealkylation sites (tertiary alicyclic amines) is 1. The molecule has 0 spiro atoms. The molecule has 3 rings (SSSR count). The number of carbonyl (C=O) groups is 3. The van der Waals surface area contributed by atoms with Gasteiger partial charge in [-0.3, -0.25) is 33.9 Å². The van der Waals surface area contributed by atoms with E-state index >= 15 is 0 Å². The van der Waals surface area contributed by atoms with Crippen LogP contribution in [0.4, 0.5) is 5.69 Å². The summed E-state index contributed by atoms with van der Waals surface area (Å²) < 4.78 is 0.948. The van der Waals surface area contributed by atoms with Crippen molar-refractivity contribution in [3.05, 3.63) is 73.6 Å². The summed E-state index contributed by atoms with van der Waals surface area (Å²) in [6, 6.07) is 5.89. The summed E-state index contributed by atoms with van der Waals surface area (Å²) in [5, 5.41) is 14.2. The van der Waals surface area contributed by atoms with Gasteiger partial charge >= 0.3 is 0 Å². The van der Waals surface area contributed by atoms with Crippen LogP contribution < -0.4 is 10.9 Å². The summed E-state index contributed by atoms with van der Waals surface area (Å²) in [7, 11) is 0. The fraction of sp³-hybridized carbons (Fsp3) is 0.391. The number of benzene rings is 1. The van der Waals surface area contributed by atoms with Gasteiger partial charge in [-0.25, -0.2) is 0 Å². The Bertz CT molecular complexity index is 1170. The van der Waals surface area contributed by atoms with E-state index in [1.54, 1.807) is 0 Å².